The number of benzene rings is 2. The van der Waals surface area contributed by atoms with Gasteiger partial charge in [0.05, 0.1) is 27.5 Å². The van der Waals surface area contributed by atoms with Gasteiger partial charge in [0.15, 0.2) is 5.16 Å². The van der Waals surface area contributed by atoms with Gasteiger partial charge in [0.25, 0.3) is 5.56 Å². The summed E-state index contributed by atoms with van der Waals surface area (Å²) < 4.78 is 6.65. The van der Waals surface area contributed by atoms with Crippen LogP contribution in [-0.2, 0) is 4.79 Å². The largest absolute Gasteiger partial charge is 0.338 e. The van der Waals surface area contributed by atoms with Gasteiger partial charge in [0.2, 0.25) is 11.8 Å². The molecule has 0 fully saturated rings. The summed E-state index contributed by atoms with van der Waals surface area (Å²) in [4.78, 5) is 30.8. The van der Waals surface area contributed by atoms with Crippen molar-refractivity contribution >= 4 is 34.5 Å². The van der Waals surface area contributed by atoms with E-state index in [4.69, 9.17) is 9.51 Å². The molecule has 2 heterocycles. The quantitative estimate of drug-likeness (QED) is 0.369. The number of hydrogen-bond acceptors (Lipinski definition) is 6. The second kappa shape index (κ2) is 8.39. The number of amides is 1. The standard InChI is InChI=1S/C23H22N4O3S/c1-13-9-14(2)11-17(10-13)27-22(29)18-7-5-6-8-19(18)24-23(27)31-16(4)21(28)25-20-12-15(3)26-30-20/h5-12,16H,1-4H3,(H,25,28). The molecule has 4 aromatic rings. The fourth-order valence-corrected chi connectivity index (χ4v) is 4.28. The van der Waals surface area contributed by atoms with Gasteiger partial charge in [-0.2, -0.15) is 0 Å². The van der Waals surface area contributed by atoms with Crippen LogP contribution < -0.4 is 10.9 Å². The predicted molar refractivity (Wildman–Crippen MR) is 122 cm³/mol. The minimum absolute atomic E-state index is 0.170. The van der Waals surface area contributed by atoms with Gasteiger partial charge < -0.3 is 4.52 Å². The lowest BCUT2D eigenvalue weighted by atomic mass is 10.1. The third kappa shape index (κ3) is 4.39. The van der Waals surface area contributed by atoms with E-state index in [1.54, 1.807) is 36.6 Å². The number of para-hydroxylation sites is 1. The lowest BCUT2D eigenvalue weighted by Gasteiger charge is -2.17. The van der Waals surface area contributed by atoms with Crippen LogP contribution >= 0.6 is 11.8 Å². The minimum Gasteiger partial charge on any atom is -0.338 e. The van der Waals surface area contributed by atoms with Gasteiger partial charge >= 0.3 is 0 Å². The number of thioether (sulfide) groups is 1. The first-order valence-corrected chi connectivity index (χ1v) is 10.7. The summed E-state index contributed by atoms with van der Waals surface area (Å²) in [6.07, 6.45) is 0. The molecule has 1 atom stereocenters. The Morgan fingerprint density at radius 2 is 1.81 bits per heavy atom. The highest BCUT2D eigenvalue weighted by Gasteiger charge is 2.21. The molecule has 0 bridgehead atoms. The van der Waals surface area contributed by atoms with Gasteiger partial charge in [-0.05, 0) is 63.1 Å². The molecule has 158 valence electrons. The van der Waals surface area contributed by atoms with Crippen LogP contribution in [0.1, 0.15) is 23.7 Å². The molecular weight excluding hydrogens is 412 g/mol. The molecule has 4 rings (SSSR count). The number of hydrogen-bond donors (Lipinski definition) is 1. The Hall–Kier alpha value is -3.39. The van der Waals surface area contributed by atoms with E-state index < -0.39 is 5.25 Å². The van der Waals surface area contributed by atoms with Crippen molar-refractivity contribution in [3.63, 3.8) is 0 Å². The van der Waals surface area contributed by atoms with E-state index in [2.05, 4.69) is 10.5 Å². The zero-order valence-corrected chi connectivity index (χ0v) is 18.5. The Balaban J connectivity index is 1.77. The zero-order chi connectivity index (χ0) is 22.1. The third-order valence-electron chi connectivity index (χ3n) is 4.74. The number of carbonyl (C=O) groups is 1. The van der Waals surface area contributed by atoms with Crippen LogP contribution in [0.4, 0.5) is 5.88 Å². The van der Waals surface area contributed by atoms with Crippen LogP contribution in [0.2, 0.25) is 0 Å². The topological polar surface area (TPSA) is 90.0 Å². The summed E-state index contributed by atoms with van der Waals surface area (Å²) in [6, 6.07) is 14.8. The first kappa shape index (κ1) is 20.9. The van der Waals surface area contributed by atoms with Crippen molar-refractivity contribution in [1.82, 2.24) is 14.7 Å². The van der Waals surface area contributed by atoms with Gasteiger partial charge in [0, 0.05) is 6.07 Å². The van der Waals surface area contributed by atoms with Crippen LogP contribution in [-0.4, -0.2) is 25.9 Å². The maximum Gasteiger partial charge on any atom is 0.266 e. The van der Waals surface area contributed by atoms with Crippen LogP contribution in [0.5, 0.6) is 0 Å². The molecule has 0 aliphatic rings. The normalized spacial score (nSPS) is 12.1. The minimum atomic E-state index is -0.532. The Labute approximate surface area is 183 Å². The molecule has 0 radical (unpaired) electrons. The Morgan fingerprint density at radius 1 is 1.10 bits per heavy atom. The summed E-state index contributed by atoms with van der Waals surface area (Å²) in [7, 11) is 0. The van der Waals surface area contributed by atoms with Crippen molar-refractivity contribution in [1.29, 1.82) is 0 Å². The Bertz CT molecular complexity index is 1320. The number of rotatable bonds is 5. The van der Waals surface area contributed by atoms with Crippen LogP contribution in [0.15, 0.2) is 63.0 Å². The number of nitrogens with one attached hydrogen (secondary N) is 1. The molecule has 7 nitrogen and oxygen atoms in total. The Morgan fingerprint density at radius 3 is 2.48 bits per heavy atom. The first-order chi connectivity index (χ1) is 14.8. The molecule has 2 aromatic heterocycles. The van der Waals surface area contributed by atoms with Crippen molar-refractivity contribution in [2.45, 2.75) is 38.1 Å². The van der Waals surface area contributed by atoms with E-state index in [-0.39, 0.29) is 17.4 Å². The fraction of sp³-hybridized carbons (Fsp3) is 0.217. The van der Waals surface area contributed by atoms with Gasteiger partial charge in [-0.25, -0.2) is 4.98 Å². The van der Waals surface area contributed by atoms with Gasteiger partial charge in [-0.1, -0.05) is 35.1 Å². The molecule has 0 aliphatic heterocycles. The highest BCUT2D eigenvalue weighted by molar-refractivity contribution is 8.00. The molecule has 0 saturated carbocycles. The maximum atomic E-state index is 13.4. The number of aryl methyl sites for hydroxylation is 3. The van der Waals surface area contributed by atoms with Gasteiger partial charge in [-0.15, -0.1) is 0 Å². The summed E-state index contributed by atoms with van der Waals surface area (Å²) in [5.74, 6) is 0.0173. The monoisotopic (exact) mass is 434 g/mol. The average Bonchev–Trinajstić information content (AvgIpc) is 3.12. The van der Waals surface area contributed by atoms with E-state index in [0.29, 0.717) is 21.8 Å². The van der Waals surface area contributed by atoms with Crippen LogP contribution in [0, 0.1) is 20.8 Å². The van der Waals surface area contributed by atoms with E-state index in [1.807, 2.05) is 44.2 Å². The molecular formula is C23H22N4O3S. The van der Waals surface area contributed by atoms with E-state index >= 15 is 0 Å². The predicted octanol–water partition coefficient (Wildman–Crippen LogP) is 4.42. The number of nitrogens with zero attached hydrogens (tertiary/aromatic N) is 3. The van der Waals surface area contributed by atoms with E-state index in [9.17, 15) is 9.59 Å². The molecule has 31 heavy (non-hydrogen) atoms. The van der Waals surface area contributed by atoms with E-state index in [0.717, 1.165) is 16.8 Å². The highest BCUT2D eigenvalue weighted by Crippen LogP contribution is 2.26. The second-order valence-electron chi connectivity index (χ2n) is 7.48. The van der Waals surface area contributed by atoms with Crippen molar-refractivity contribution < 1.29 is 9.32 Å². The summed E-state index contributed by atoms with van der Waals surface area (Å²) >= 11 is 1.22. The van der Waals surface area contributed by atoms with Crippen LogP contribution in [0.25, 0.3) is 16.6 Å². The summed E-state index contributed by atoms with van der Waals surface area (Å²) in [5, 5.41) is 6.93. The summed E-state index contributed by atoms with van der Waals surface area (Å²) in [6.45, 7) is 7.51. The number of carbonyl (C=O) groups excluding carboxylic acids is 1. The van der Waals surface area contributed by atoms with Crippen molar-refractivity contribution in [2.75, 3.05) is 5.32 Å². The zero-order valence-electron chi connectivity index (χ0n) is 17.7. The Kier molecular flexibility index (Phi) is 5.65. The fourth-order valence-electron chi connectivity index (χ4n) is 3.36. The number of anilines is 1. The van der Waals surface area contributed by atoms with Crippen molar-refractivity contribution in [3.05, 3.63) is 75.7 Å². The van der Waals surface area contributed by atoms with E-state index in [1.165, 1.54) is 11.8 Å². The second-order valence-corrected chi connectivity index (χ2v) is 8.79. The smallest absolute Gasteiger partial charge is 0.266 e. The molecule has 0 spiro atoms. The lowest BCUT2D eigenvalue weighted by Crippen LogP contribution is -2.26. The molecule has 1 amide bonds. The maximum absolute atomic E-state index is 13.4. The third-order valence-corrected chi connectivity index (χ3v) is 5.79. The molecule has 8 heteroatoms. The lowest BCUT2D eigenvalue weighted by molar-refractivity contribution is -0.115. The molecule has 2 aromatic carbocycles. The molecule has 0 saturated heterocycles. The summed E-state index contributed by atoms with van der Waals surface area (Å²) in [5.41, 5.74) is 3.90. The van der Waals surface area contributed by atoms with Crippen LogP contribution in [0.3, 0.4) is 0 Å². The molecule has 1 unspecified atom stereocenters. The molecule has 0 aliphatic carbocycles. The van der Waals surface area contributed by atoms with Gasteiger partial charge in [0.1, 0.15) is 0 Å². The number of aromatic nitrogens is 3. The average molecular weight is 435 g/mol. The van der Waals surface area contributed by atoms with Crippen molar-refractivity contribution in [3.8, 4) is 5.69 Å². The molecule has 1 N–H and O–H groups in total. The first-order valence-electron chi connectivity index (χ1n) is 9.83. The highest BCUT2D eigenvalue weighted by atomic mass is 32.2. The van der Waals surface area contributed by atoms with Crippen molar-refractivity contribution in [2.24, 2.45) is 0 Å². The number of fused-ring (bicyclic) bond motifs is 1. The SMILES string of the molecule is Cc1cc(C)cc(-n2c(SC(C)C(=O)Nc3cc(C)no3)nc3ccccc3c2=O)c1. The van der Waals surface area contributed by atoms with Gasteiger partial charge in [-0.3, -0.25) is 19.5 Å².